The van der Waals surface area contributed by atoms with Crippen LogP contribution in [-0.4, -0.2) is 17.7 Å². The number of halogens is 1. The minimum Gasteiger partial charge on any atom is -0.444 e. The molecule has 3 N–H and O–H groups in total. The van der Waals surface area contributed by atoms with E-state index in [0.717, 1.165) is 12.0 Å². The zero-order valence-corrected chi connectivity index (χ0v) is 12.5. The quantitative estimate of drug-likeness (QED) is 0.892. The second-order valence-corrected chi connectivity index (χ2v) is 6.03. The molecule has 0 unspecified atom stereocenters. The number of amides is 1. The monoisotopic (exact) mass is 284 g/mol. The lowest BCUT2D eigenvalue weighted by Crippen LogP contribution is -2.27. The Kier molecular flexibility index (Phi) is 5.20. The highest BCUT2D eigenvalue weighted by molar-refractivity contribution is 6.33. The smallest absolute Gasteiger partial charge is 0.412 e. The molecule has 0 saturated heterocycles. The summed E-state index contributed by atoms with van der Waals surface area (Å²) in [5.74, 6) is 0. The molecule has 0 bridgehead atoms. The van der Waals surface area contributed by atoms with Crippen LogP contribution in [0.3, 0.4) is 0 Å². The molecule has 0 aliphatic heterocycles. The number of hydrogen-bond donors (Lipinski definition) is 2. The number of anilines is 1. The highest BCUT2D eigenvalue weighted by Gasteiger charge is 2.17. The molecule has 19 heavy (non-hydrogen) atoms. The molecule has 1 rings (SSSR count). The van der Waals surface area contributed by atoms with Crippen molar-refractivity contribution in [2.75, 3.05) is 5.32 Å². The molecule has 0 radical (unpaired) electrons. The van der Waals surface area contributed by atoms with Crippen molar-refractivity contribution in [1.82, 2.24) is 0 Å². The van der Waals surface area contributed by atoms with E-state index in [-0.39, 0.29) is 6.04 Å². The van der Waals surface area contributed by atoms with Crippen molar-refractivity contribution < 1.29 is 9.53 Å². The van der Waals surface area contributed by atoms with Crippen molar-refractivity contribution in [2.45, 2.75) is 45.8 Å². The normalized spacial score (nSPS) is 12.9. The Hall–Kier alpha value is -1.26. The molecule has 0 aromatic heterocycles. The van der Waals surface area contributed by atoms with E-state index >= 15 is 0 Å². The SMILES string of the molecule is C[C@H](N)Cc1ccc(NC(=O)OC(C)(C)C)c(Cl)c1. The predicted octanol–water partition coefficient (Wildman–Crippen LogP) is 3.58. The number of nitrogens with one attached hydrogen (secondary N) is 1. The predicted molar refractivity (Wildman–Crippen MR) is 78.7 cm³/mol. The summed E-state index contributed by atoms with van der Waals surface area (Å²) < 4.78 is 5.16. The minimum atomic E-state index is -0.536. The van der Waals surface area contributed by atoms with Gasteiger partial charge in [0.2, 0.25) is 0 Å². The fourth-order valence-corrected chi connectivity index (χ4v) is 1.82. The van der Waals surface area contributed by atoms with Gasteiger partial charge >= 0.3 is 6.09 Å². The number of benzene rings is 1. The number of rotatable bonds is 3. The largest absolute Gasteiger partial charge is 0.444 e. The molecule has 0 aliphatic rings. The second-order valence-electron chi connectivity index (χ2n) is 5.62. The Morgan fingerprint density at radius 1 is 1.47 bits per heavy atom. The fraction of sp³-hybridized carbons (Fsp3) is 0.500. The summed E-state index contributed by atoms with van der Waals surface area (Å²) in [6.07, 6.45) is 0.223. The first-order valence-corrected chi connectivity index (χ1v) is 6.59. The van der Waals surface area contributed by atoms with Crippen molar-refractivity contribution in [3.8, 4) is 0 Å². The molecule has 0 aliphatic carbocycles. The lowest BCUT2D eigenvalue weighted by atomic mass is 10.1. The average molecular weight is 285 g/mol. The summed E-state index contributed by atoms with van der Waals surface area (Å²) in [6, 6.07) is 5.52. The summed E-state index contributed by atoms with van der Waals surface area (Å²) in [6.45, 7) is 7.35. The van der Waals surface area contributed by atoms with Gasteiger partial charge < -0.3 is 10.5 Å². The lowest BCUT2D eigenvalue weighted by Gasteiger charge is -2.20. The second kappa shape index (κ2) is 6.26. The summed E-state index contributed by atoms with van der Waals surface area (Å²) in [7, 11) is 0. The van der Waals surface area contributed by atoms with Gasteiger partial charge in [0.1, 0.15) is 5.60 Å². The van der Waals surface area contributed by atoms with Gasteiger partial charge in [-0.05, 0) is 51.8 Å². The van der Waals surface area contributed by atoms with Gasteiger partial charge in [-0.1, -0.05) is 17.7 Å². The van der Waals surface area contributed by atoms with Crippen molar-refractivity contribution in [1.29, 1.82) is 0 Å². The number of hydrogen-bond acceptors (Lipinski definition) is 3. The van der Waals surface area contributed by atoms with E-state index in [1.165, 1.54) is 0 Å². The van der Waals surface area contributed by atoms with E-state index in [4.69, 9.17) is 22.1 Å². The van der Waals surface area contributed by atoms with Gasteiger partial charge in [-0.15, -0.1) is 0 Å². The molecule has 5 heteroatoms. The average Bonchev–Trinajstić information content (AvgIpc) is 2.18. The fourth-order valence-electron chi connectivity index (χ4n) is 1.57. The van der Waals surface area contributed by atoms with Crippen LogP contribution < -0.4 is 11.1 Å². The van der Waals surface area contributed by atoms with Gasteiger partial charge in [-0.3, -0.25) is 5.32 Å². The van der Waals surface area contributed by atoms with E-state index in [9.17, 15) is 4.79 Å². The number of carbonyl (C=O) groups is 1. The van der Waals surface area contributed by atoms with Crippen LogP contribution >= 0.6 is 11.6 Å². The molecule has 1 atom stereocenters. The lowest BCUT2D eigenvalue weighted by molar-refractivity contribution is 0.0636. The molecule has 4 nitrogen and oxygen atoms in total. The van der Waals surface area contributed by atoms with Gasteiger partial charge in [-0.2, -0.15) is 0 Å². The molecule has 1 amide bonds. The third-order valence-electron chi connectivity index (χ3n) is 2.23. The van der Waals surface area contributed by atoms with Gasteiger partial charge in [0.15, 0.2) is 0 Å². The highest BCUT2D eigenvalue weighted by atomic mass is 35.5. The van der Waals surface area contributed by atoms with Gasteiger partial charge in [-0.25, -0.2) is 4.79 Å². The van der Waals surface area contributed by atoms with Crippen LogP contribution in [-0.2, 0) is 11.2 Å². The van der Waals surface area contributed by atoms with Crippen LogP contribution in [0, 0.1) is 0 Å². The summed E-state index contributed by atoms with van der Waals surface area (Å²) in [5.41, 5.74) is 6.76. The van der Waals surface area contributed by atoms with Crippen LogP contribution in [0.25, 0.3) is 0 Å². The minimum absolute atomic E-state index is 0.0701. The zero-order valence-electron chi connectivity index (χ0n) is 11.8. The summed E-state index contributed by atoms with van der Waals surface area (Å²) in [5, 5.41) is 3.10. The molecular weight excluding hydrogens is 264 g/mol. The number of carbonyl (C=O) groups excluding carboxylic acids is 1. The van der Waals surface area contributed by atoms with Crippen molar-refractivity contribution in [3.63, 3.8) is 0 Å². The van der Waals surface area contributed by atoms with Gasteiger partial charge in [0.25, 0.3) is 0 Å². The van der Waals surface area contributed by atoms with Crippen LogP contribution in [0.5, 0.6) is 0 Å². The molecule has 0 saturated carbocycles. The molecular formula is C14H21ClN2O2. The molecule has 1 aromatic rings. The van der Waals surface area contributed by atoms with Crippen LogP contribution in [0.2, 0.25) is 5.02 Å². The van der Waals surface area contributed by atoms with Crippen molar-refractivity contribution in [3.05, 3.63) is 28.8 Å². The molecule has 0 fully saturated rings. The van der Waals surface area contributed by atoms with Gasteiger partial charge in [0.05, 0.1) is 10.7 Å². The zero-order chi connectivity index (χ0) is 14.6. The van der Waals surface area contributed by atoms with Crippen LogP contribution in [0.4, 0.5) is 10.5 Å². The Morgan fingerprint density at radius 2 is 2.11 bits per heavy atom. The molecule has 0 heterocycles. The Bertz CT molecular complexity index is 453. The Balaban J connectivity index is 2.72. The molecule has 0 spiro atoms. The first-order chi connectivity index (χ1) is 8.67. The Labute approximate surface area is 119 Å². The number of ether oxygens (including phenoxy) is 1. The maximum Gasteiger partial charge on any atom is 0.412 e. The van der Waals surface area contributed by atoms with Crippen molar-refractivity contribution in [2.24, 2.45) is 5.73 Å². The molecule has 1 aromatic carbocycles. The maximum atomic E-state index is 11.6. The van der Waals surface area contributed by atoms with Crippen LogP contribution in [0.1, 0.15) is 33.3 Å². The third kappa shape index (κ3) is 5.94. The van der Waals surface area contributed by atoms with E-state index in [1.54, 1.807) is 32.9 Å². The van der Waals surface area contributed by atoms with E-state index in [0.29, 0.717) is 10.7 Å². The summed E-state index contributed by atoms with van der Waals surface area (Å²) in [4.78, 5) is 11.6. The van der Waals surface area contributed by atoms with Crippen molar-refractivity contribution >= 4 is 23.4 Å². The topological polar surface area (TPSA) is 64.3 Å². The first-order valence-electron chi connectivity index (χ1n) is 6.21. The molecule has 106 valence electrons. The first kappa shape index (κ1) is 15.8. The summed E-state index contributed by atoms with van der Waals surface area (Å²) >= 11 is 6.12. The van der Waals surface area contributed by atoms with Gasteiger partial charge in [0, 0.05) is 6.04 Å². The Morgan fingerprint density at radius 3 is 2.58 bits per heavy atom. The number of nitrogens with two attached hydrogens (primary N) is 1. The van der Waals surface area contributed by atoms with E-state index in [1.807, 2.05) is 13.0 Å². The maximum absolute atomic E-state index is 11.6. The standard InChI is InChI=1S/C14H21ClN2O2/c1-9(16)7-10-5-6-12(11(15)8-10)17-13(18)19-14(2,3)4/h5-6,8-9H,7,16H2,1-4H3,(H,17,18)/t9-/m0/s1. The van der Waals surface area contributed by atoms with E-state index < -0.39 is 11.7 Å². The van der Waals surface area contributed by atoms with Crippen LogP contribution in [0.15, 0.2) is 18.2 Å². The third-order valence-corrected chi connectivity index (χ3v) is 2.54. The highest BCUT2D eigenvalue weighted by Crippen LogP contribution is 2.24. The van der Waals surface area contributed by atoms with E-state index in [2.05, 4.69) is 5.32 Å².